The number of H-pyrrole nitrogens is 1. The van der Waals surface area contributed by atoms with Gasteiger partial charge in [0.2, 0.25) is 10.0 Å². The summed E-state index contributed by atoms with van der Waals surface area (Å²) in [6, 6.07) is 10.9. The first-order valence-corrected chi connectivity index (χ1v) is 8.67. The molecule has 1 atom stereocenters. The van der Waals surface area contributed by atoms with E-state index >= 15 is 0 Å². The van der Waals surface area contributed by atoms with Gasteiger partial charge in [0.05, 0.1) is 17.5 Å². The van der Waals surface area contributed by atoms with E-state index in [9.17, 15) is 13.2 Å². The van der Waals surface area contributed by atoms with Gasteiger partial charge in [0, 0.05) is 17.7 Å². The molecule has 1 aromatic heterocycles. The van der Waals surface area contributed by atoms with E-state index in [1.165, 1.54) is 25.3 Å². The number of benzene rings is 2. The van der Waals surface area contributed by atoms with Crippen LogP contribution in [0.4, 0.5) is 0 Å². The van der Waals surface area contributed by atoms with Gasteiger partial charge in [0.25, 0.3) is 0 Å². The van der Waals surface area contributed by atoms with Crippen molar-refractivity contribution in [3.8, 4) is 5.75 Å². The molecule has 2 aromatic carbocycles. The molecule has 0 amide bonds. The second-order valence-electron chi connectivity index (χ2n) is 5.26. The molecule has 0 saturated carbocycles. The summed E-state index contributed by atoms with van der Waals surface area (Å²) in [5, 5.41) is 0. The van der Waals surface area contributed by atoms with E-state index in [-0.39, 0.29) is 10.5 Å². The second-order valence-corrected chi connectivity index (χ2v) is 6.97. The average Bonchev–Trinajstić information content (AvgIpc) is 2.93. The van der Waals surface area contributed by atoms with E-state index in [4.69, 9.17) is 9.15 Å². The highest BCUT2D eigenvalue weighted by Gasteiger charge is 2.21. The van der Waals surface area contributed by atoms with Gasteiger partial charge >= 0.3 is 5.76 Å². The second kappa shape index (κ2) is 6.14. The fourth-order valence-corrected chi connectivity index (χ4v) is 3.72. The van der Waals surface area contributed by atoms with Gasteiger partial charge in [-0.3, -0.25) is 4.98 Å². The molecule has 0 aliphatic heterocycles. The van der Waals surface area contributed by atoms with Crippen molar-refractivity contribution < 1.29 is 17.6 Å². The van der Waals surface area contributed by atoms with Crippen LogP contribution in [0.1, 0.15) is 18.5 Å². The summed E-state index contributed by atoms with van der Waals surface area (Å²) in [6.45, 7) is 1.73. The monoisotopic (exact) mass is 348 g/mol. The van der Waals surface area contributed by atoms with Crippen molar-refractivity contribution in [2.24, 2.45) is 0 Å². The Morgan fingerprint density at radius 1 is 1.21 bits per heavy atom. The Kier molecular flexibility index (Phi) is 4.16. The molecule has 24 heavy (non-hydrogen) atoms. The lowest BCUT2D eigenvalue weighted by molar-refractivity contribution is 0.405. The fraction of sp³-hybridized carbons (Fsp3) is 0.188. The average molecular weight is 348 g/mol. The van der Waals surface area contributed by atoms with Gasteiger partial charge in [-0.2, -0.15) is 0 Å². The van der Waals surface area contributed by atoms with Crippen LogP contribution < -0.4 is 15.2 Å². The predicted octanol–water partition coefficient (Wildman–Crippen LogP) is 2.17. The molecule has 3 rings (SSSR count). The van der Waals surface area contributed by atoms with Crippen LogP contribution in [0, 0.1) is 0 Å². The number of aromatic amines is 1. The fourth-order valence-electron chi connectivity index (χ4n) is 2.48. The first-order chi connectivity index (χ1) is 11.4. The maximum atomic E-state index is 12.6. The first-order valence-electron chi connectivity index (χ1n) is 7.19. The summed E-state index contributed by atoms with van der Waals surface area (Å²) in [5.41, 5.74) is 1.35. The Morgan fingerprint density at radius 2 is 1.96 bits per heavy atom. The predicted molar refractivity (Wildman–Crippen MR) is 88.6 cm³/mol. The standard InChI is InChI=1S/C16H16N2O5S/c1-10(12-5-3-4-6-14(12)22-2)18-24(20,21)11-7-8-13-15(9-11)23-16(19)17-13/h3-10,18H,1-2H3,(H,17,19)/t10-/m0/s1. The van der Waals surface area contributed by atoms with Crippen LogP contribution in [0.25, 0.3) is 11.1 Å². The van der Waals surface area contributed by atoms with E-state index in [0.29, 0.717) is 11.3 Å². The van der Waals surface area contributed by atoms with Crippen LogP contribution in [-0.4, -0.2) is 20.5 Å². The molecule has 0 fully saturated rings. The highest BCUT2D eigenvalue weighted by Crippen LogP contribution is 2.26. The summed E-state index contributed by atoms with van der Waals surface area (Å²) >= 11 is 0. The van der Waals surface area contributed by atoms with Crippen molar-refractivity contribution in [3.63, 3.8) is 0 Å². The SMILES string of the molecule is COc1ccccc1[C@H](C)NS(=O)(=O)c1ccc2[nH]c(=O)oc2c1. The number of fused-ring (bicyclic) bond motifs is 1. The molecule has 0 aliphatic rings. The molecular weight excluding hydrogens is 332 g/mol. The number of rotatable bonds is 5. The van der Waals surface area contributed by atoms with Crippen LogP contribution >= 0.6 is 0 Å². The van der Waals surface area contributed by atoms with E-state index in [1.807, 2.05) is 12.1 Å². The minimum Gasteiger partial charge on any atom is -0.496 e. The maximum absolute atomic E-state index is 12.6. The molecule has 8 heteroatoms. The van der Waals surface area contributed by atoms with Crippen molar-refractivity contribution in [3.05, 3.63) is 58.6 Å². The van der Waals surface area contributed by atoms with Crippen LogP contribution in [0.15, 0.2) is 56.6 Å². The van der Waals surface area contributed by atoms with Gasteiger partial charge < -0.3 is 9.15 Å². The molecule has 0 bridgehead atoms. The normalized spacial score (nSPS) is 13.1. The van der Waals surface area contributed by atoms with E-state index in [0.717, 1.165) is 5.56 Å². The van der Waals surface area contributed by atoms with Crippen LogP contribution in [0.3, 0.4) is 0 Å². The Morgan fingerprint density at radius 3 is 2.71 bits per heavy atom. The largest absolute Gasteiger partial charge is 0.496 e. The molecule has 0 spiro atoms. The molecule has 0 aliphatic carbocycles. The molecule has 126 valence electrons. The number of hydrogen-bond donors (Lipinski definition) is 2. The highest BCUT2D eigenvalue weighted by atomic mass is 32.2. The summed E-state index contributed by atoms with van der Waals surface area (Å²) in [6.07, 6.45) is 0. The molecule has 0 radical (unpaired) electrons. The third-order valence-electron chi connectivity index (χ3n) is 3.64. The van der Waals surface area contributed by atoms with E-state index < -0.39 is 21.8 Å². The number of aromatic nitrogens is 1. The lowest BCUT2D eigenvalue weighted by atomic mass is 10.1. The van der Waals surface area contributed by atoms with Crippen LogP contribution in [-0.2, 0) is 10.0 Å². The molecule has 0 unspecified atom stereocenters. The van der Waals surface area contributed by atoms with Gasteiger partial charge in [0.15, 0.2) is 5.58 Å². The lowest BCUT2D eigenvalue weighted by Gasteiger charge is -2.17. The van der Waals surface area contributed by atoms with E-state index in [2.05, 4.69) is 9.71 Å². The Hall–Kier alpha value is -2.58. The molecule has 2 N–H and O–H groups in total. The summed E-state index contributed by atoms with van der Waals surface area (Å²) in [7, 11) is -2.27. The number of methoxy groups -OCH3 is 1. The molecular formula is C16H16N2O5S. The zero-order chi connectivity index (χ0) is 17.3. The van der Waals surface area contributed by atoms with Crippen molar-refractivity contribution in [2.45, 2.75) is 17.9 Å². The van der Waals surface area contributed by atoms with Crippen molar-refractivity contribution in [2.75, 3.05) is 7.11 Å². The minimum atomic E-state index is -3.80. The zero-order valence-corrected chi connectivity index (χ0v) is 13.9. The molecule has 1 heterocycles. The number of hydrogen-bond acceptors (Lipinski definition) is 5. The van der Waals surface area contributed by atoms with Crippen molar-refractivity contribution in [1.29, 1.82) is 0 Å². The zero-order valence-electron chi connectivity index (χ0n) is 13.1. The number of para-hydroxylation sites is 1. The maximum Gasteiger partial charge on any atom is 0.417 e. The third kappa shape index (κ3) is 3.06. The number of ether oxygens (including phenoxy) is 1. The number of nitrogens with one attached hydrogen (secondary N) is 2. The molecule has 0 saturated heterocycles. The van der Waals surface area contributed by atoms with Gasteiger partial charge in [0.1, 0.15) is 5.75 Å². The molecule has 3 aromatic rings. The van der Waals surface area contributed by atoms with Crippen LogP contribution in [0.5, 0.6) is 5.75 Å². The number of oxazole rings is 1. The van der Waals surface area contributed by atoms with Crippen LogP contribution in [0.2, 0.25) is 0 Å². The topological polar surface area (TPSA) is 101 Å². The Bertz CT molecular complexity index is 1040. The van der Waals surface area contributed by atoms with Crippen molar-refractivity contribution >= 4 is 21.1 Å². The minimum absolute atomic E-state index is 0.0134. The highest BCUT2D eigenvalue weighted by molar-refractivity contribution is 7.89. The number of sulfonamides is 1. The van der Waals surface area contributed by atoms with Gasteiger partial charge in [-0.1, -0.05) is 18.2 Å². The molecule has 7 nitrogen and oxygen atoms in total. The van der Waals surface area contributed by atoms with E-state index in [1.54, 1.807) is 19.1 Å². The Labute approximate surface area is 138 Å². The van der Waals surface area contributed by atoms with Crippen molar-refractivity contribution in [1.82, 2.24) is 9.71 Å². The van der Waals surface area contributed by atoms with Gasteiger partial charge in [-0.05, 0) is 25.1 Å². The van der Waals surface area contributed by atoms with Gasteiger partial charge in [-0.25, -0.2) is 17.9 Å². The quantitative estimate of drug-likeness (QED) is 0.736. The summed E-state index contributed by atoms with van der Waals surface area (Å²) in [5.74, 6) is -0.0327. The summed E-state index contributed by atoms with van der Waals surface area (Å²) in [4.78, 5) is 13.7. The third-order valence-corrected chi connectivity index (χ3v) is 5.18. The van der Waals surface area contributed by atoms with Gasteiger partial charge in [-0.15, -0.1) is 0 Å². The smallest absolute Gasteiger partial charge is 0.417 e. The first kappa shape index (κ1) is 16.3. The Balaban J connectivity index is 1.93. The summed E-state index contributed by atoms with van der Waals surface area (Å²) < 4.78 is 37.9. The lowest BCUT2D eigenvalue weighted by Crippen LogP contribution is -2.27.